The van der Waals surface area contributed by atoms with E-state index in [4.69, 9.17) is 16.2 Å². The Balaban J connectivity index is 1.50. The van der Waals surface area contributed by atoms with E-state index in [0.29, 0.717) is 30.2 Å². The number of ether oxygens (including phenoxy) is 1. The Morgan fingerprint density at radius 2 is 2.03 bits per heavy atom. The van der Waals surface area contributed by atoms with Crippen molar-refractivity contribution < 1.29 is 19.4 Å². The van der Waals surface area contributed by atoms with Crippen LogP contribution in [0.4, 0.5) is 5.69 Å². The Kier molecular flexibility index (Phi) is 6.49. The van der Waals surface area contributed by atoms with Crippen molar-refractivity contribution >= 4 is 23.1 Å². The van der Waals surface area contributed by atoms with Crippen LogP contribution < -0.4 is 21.5 Å². The Morgan fingerprint density at radius 3 is 2.81 bits per heavy atom. The minimum Gasteiger partial charge on any atom is -0.456 e. The molecular formula is C28H30N4O4. The number of carbonyl (C=O) groups excluding carboxylic acids is 2. The van der Waals surface area contributed by atoms with Gasteiger partial charge in [-0.3, -0.25) is 9.59 Å². The van der Waals surface area contributed by atoms with Crippen molar-refractivity contribution in [2.45, 2.75) is 44.5 Å². The SMILES string of the molecule is CC(N)C(=O)N1CCC[C@H]1C(=O)Nc1ccc2c(c1)OC1=CC(N)C=CC1=C2c1ccccc1CO. The third-order valence-electron chi connectivity index (χ3n) is 6.79. The highest BCUT2D eigenvalue weighted by Gasteiger charge is 2.35. The quantitative estimate of drug-likeness (QED) is 0.514. The summed E-state index contributed by atoms with van der Waals surface area (Å²) < 4.78 is 6.25. The van der Waals surface area contributed by atoms with Crippen molar-refractivity contribution in [3.63, 3.8) is 0 Å². The number of hydrogen-bond acceptors (Lipinski definition) is 6. The molecule has 3 aliphatic rings. The van der Waals surface area contributed by atoms with Crippen LogP contribution in [-0.4, -0.2) is 46.5 Å². The van der Waals surface area contributed by atoms with E-state index in [-0.39, 0.29) is 24.5 Å². The van der Waals surface area contributed by atoms with Gasteiger partial charge in [-0.1, -0.05) is 36.4 Å². The molecule has 0 aromatic heterocycles. The summed E-state index contributed by atoms with van der Waals surface area (Å²) in [5, 5.41) is 12.9. The van der Waals surface area contributed by atoms with Gasteiger partial charge >= 0.3 is 0 Å². The molecule has 0 saturated carbocycles. The van der Waals surface area contributed by atoms with Crippen molar-refractivity contribution in [2.75, 3.05) is 11.9 Å². The van der Waals surface area contributed by atoms with E-state index < -0.39 is 12.1 Å². The van der Waals surface area contributed by atoms with Crippen LogP contribution in [-0.2, 0) is 16.2 Å². The number of allylic oxidation sites excluding steroid dienone is 1. The number of rotatable bonds is 5. The summed E-state index contributed by atoms with van der Waals surface area (Å²) in [6.45, 7) is 2.05. The van der Waals surface area contributed by atoms with E-state index in [1.807, 2.05) is 54.6 Å². The summed E-state index contributed by atoms with van der Waals surface area (Å²) >= 11 is 0. The van der Waals surface area contributed by atoms with Crippen molar-refractivity contribution in [3.8, 4) is 5.75 Å². The number of amides is 2. The molecule has 2 aromatic carbocycles. The molecule has 2 amide bonds. The summed E-state index contributed by atoms with van der Waals surface area (Å²) in [4.78, 5) is 27.1. The fraction of sp³-hybridized carbons (Fsp3) is 0.286. The van der Waals surface area contributed by atoms with Crippen molar-refractivity contribution in [1.29, 1.82) is 0 Å². The number of nitrogens with one attached hydrogen (secondary N) is 1. The minimum absolute atomic E-state index is 0.0996. The molecule has 2 aliphatic heterocycles. The predicted molar refractivity (Wildman–Crippen MR) is 138 cm³/mol. The second kappa shape index (κ2) is 9.73. The maximum atomic E-state index is 13.1. The van der Waals surface area contributed by atoms with Crippen LogP contribution in [0.3, 0.4) is 0 Å². The molecule has 2 unspecified atom stereocenters. The number of aliphatic hydroxyl groups is 1. The zero-order chi connectivity index (χ0) is 25.4. The van der Waals surface area contributed by atoms with E-state index in [1.165, 1.54) is 0 Å². The molecule has 0 radical (unpaired) electrons. The van der Waals surface area contributed by atoms with E-state index in [9.17, 15) is 14.7 Å². The van der Waals surface area contributed by atoms with Gasteiger partial charge in [0.15, 0.2) is 0 Å². The first kappa shape index (κ1) is 24.0. The highest BCUT2D eigenvalue weighted by Crippen LogP contribution is 2.44. The van der Waals surface area contributed by atoms with Gasteiger partial charge in [0.05, 0.1) is 12.6 Å². The largest absolute Gasteiger partial charge is 0.456 e. The lowest BCUT2D eigenvalue weighted by atomic mass is 9.85. The second-order valence-electron chi connectivity index (χ2n) is 9.35. The number of hydrogen-bond donors (Lipinski definition) is 4. The Morgan fingerprint density at radius 1 is 1.22 bits per heavy atom. The third-order valence-corrected chi connectivity index (χ3v) is 6.79. The highest BCUT2D eigenvalue weighted by atomic mass is 16.5. The number of nitrogens with zero attached hydrogens (tertiary/aromatic N) is 1. The van der Waals surface area contributed by atoms with Crippen molar-refractivity contribution in [3.05, 3.63) is 88.7 Å². The maximum Gasteiger partial charge on any atom is 0.247 e. The Bertz CT molecular complexity index is 1310. The van der Waals surface area contributed by atoms with Crippen LogP contribution >= 0.6 is 0 Å². The van der Waals surface area contributed by atoms with Crippen LogP contribution in [0.25, 0.3) is 5.57 Å². The lowest BCUT2D eigenvalue weighted by Crippen LogP contribution is -2.48. The van der Waals surface area contributed by atoms with Crippen LogP contribution in [0.2, 0.25) is 0 Å². The smallest absolute Gasteiger partial charge is 0.247 e. The molecule has 8 heteroatoms. The molecule has 2 aromatic rings. The number of aliphatic hydroxyl groups excluding tert-OH is 1. The fourth-order valence-electron chi connectivity index (χ4n) is 5.04. The Hall–Kier alpha value is -3.72. The number of anilines is 1. The van der Waals surface area contributed by atoms with Gasteiger partial charge in [-0.05, 0) is 49.1 Å². The topological polar surface area (TPSA) is 131 Å². The zero-order valence-corrected chi connectivity index (χ0v) is 20.1. The number of fused-ring (bicyclic) bond motifs is 2. The lowest BCUT2D eigenvalue weighted by Gasteiger charge is -2.29. The van der Waals surface area contributed by atoms with Gasteiger partial charge in [-0.15, -0.1) is 0 Å². The minimum atomic E-state index is -0.652. The van der Waals surface area contributed by atoms with E-state index >= 15 is 0 Å². The normalized spacial score (nSPS) is 21.3. The molecule has 8 nitrogen and oxygen atoms in total. The molecular weight excluding hydrogens is 456 g/mol. The lowest BCUT2D eigenvalue weighted by molar-refractivity contribution is -0.137. The van der Waals surface area contributed by atoms with Gasteiger partial charge in [0.1, 0.15) is 17.6 Å². The number of nitrogens with two attached hydrogens (primary N) is 2. The first-order valence-electron chi connectivity index (χ1n) is 12.2. The predicted octanol–water partition coefficient (Wildman–Crippen LogP) is 2.43. The molecule has 186 valence electrons. The monoisotopic (exact) mass is 486 g/mol. The summed E-state index contributed by atoms with van der Waals surface area (Å²) in [6, 6.07) is 11.7. The van der Waals surface area contributed by atoms with Gasteiger partial charge < -0.3 is 31.5 Å². The number of carbonyl (C=O) groups is 2. The third kappa shape index (κ3) is 4.35. The average Bonchev–Trinajstić information content (AvgIpc) is 3.36. The fourth-order valence-corrected chi connectivity index (χ4v) is 5.04. The number of likely N-dealkylation sites (tertiary alicyclic amines) is 1. The molecule has 6 N–H and O–H groups in total. The van der Waals surface area contributed by atoms with Gasteiger partial charge in [0.2, 0.25) is 11.8 Å². The summed E-state index contributed by atoms with van der Waals surface area (Å²) in [5.41, 5.74) is 16.8. The zero-order valence-electron chi connectivity index (χ0n) is 20.1. The molecule has 1 saturated heterocycles. The Labute approximate surface area is 209 Å². The average molecular weight is 487 g/mol. The van der Waals surface area contributed by atoms with Crippen molar-refractivity contribution in [1.82, 2.24) is 4.90 Å². The molecule has 2 heterocycles. The van der Waals surface area contributed by atoms with Gasteiger partial charge in [-0.25, -0.2) is 0 Å². The molecule has 0 bridgehead atoms. The van der Waals surface area contributed by atoms with Gasteiger partial charge in [0.25, 0.3) is 0 Å². The maximum absolute atomic E-state index is 13.1. The molecule has 1 aliphatic carbocycles. The van der Waals surface area contributed by atoms with E-state index in [0.717, 1.165) is 34.3 Å². The first-order chi connectivity index (χ1) is 17.4. The molecule has 1 fully saturated rings. The van der Waals surface area contributed by atoms with E-state index in [2.05, 4.69) is 5.32 Å². The van der Waals surface area contributed by atoms with Crippen LogP contribution in [0.5, 0.6) is 5.75 Å². The highest BCUT2D eigenvalue weighted by molar-refractivity contribution is 5.99. The number of benzene rings is 2. The van der Waals surface area contributed by atoms with Crippen LogP contribution in [0.15, 0.2) is 72.0 Å². The van der Waals surface area contributed by atoms with Crippen LogP contribution in [0.1, 0.15) is 36.5 Å². The first-order valence-corrected chi connectivity index (χ1v) is 12.2. The standard InChI is InChI=1S/C28H30N4O4/c1-16(29)28(35)32-12-4-7-23(32)27(34)31-19-9-11-22-25(14-19)36-24-13-18(30)8-10-21(24)26(22)20-6-3-2-5-17(20)15-33/h2-3,5-6,8-11,13-14,16,18,23,33H,4,7,12,15,29-30H2,1H3,(H,31,34)/t16?,18?,23-/m0/s1. The molecule has 3 atom stereocenters. The second-order valence-corrected chi connectivity index (χ2v) is 9.35. The van der Waals surface area contributed by atoms with Gasteiger partial charge in [0, 0.05) is 41.1 Å². The molecule has 36 heavy (non-hydrogen) atoms. The van der Waals surface area contributed by atoms with Gasteiger partial charge in [-0.2, -0.15) is 0 Å². The summed E-state index contributed by atoms with van der Waals surface area (Å²) in [5.74, 6) is 0.734. The molecule has 5 rings (SSSR count). The summed E-state index contributed by atoms with van der Waals surface area (Å²) in [7, 11) is 0. The summed E-state index contributed by atoms with van der Waals surface area (Å²) in [6.07, 6.45) is 7.05. The van der Waals surface area contributed by atoms with Crippen molar-refractivity contribution in [2.24, 2.45) is 11.5 Å². The van der Waals surface area contributed by atoms with Crippen LogP contribution in [0, 0.1) is 0 Å². The molecule has 0 spiro atoms. The van der Waals surface area contributed by atoms with E-state index in [1.54, 1.807) is 17.9 Å².